The Bertz CT molecular complexity index is 1030. The zero-order valence-corrected chi connectivity index (χ0v) is 14.8. The molecule has 6 heteroatoms. The molecule has 4 aromatic rings. The molecular weight excluding hydrogens is 350 g/mol. The number of methoxy groups -OCH3 is 1. The molecule has 0 saturated heterocycles. The Kier molecular flexibility index (Phi) is 4.46. The van der Waals surface area contributed by atoms with Gasteiger partial charge in [-0.25, -0.2) is 9.97 Å². The molecule has 0 bridgehead atoms. The highest BCUT2D eigenvalue weighted by Gasteiger charge is 2.12. The van der Waals surface area contributed by atoms with Crippen molar-refractivity contribution in [2.24, 2.45) is 0 Å². The molecule has 0 radical (unpaired) electrons. The molecule has 2 aromatic carbocycles. The summed E-state index contributed by atoms with van der Waals surface area (Å²) < 4.78 is 13.4. The first kappa shape index (κ1) is 16.4. The second kappa shape index (κ2) is 7.06. The van der Waals surface area contributed by atoms with Gasteiger partial charge in [0.2, 0.25) is 5.78 Å². The van der Waals surface area contributed by atoms with Crippen LogP contribution in [-0.2, 0) is 6.61 Å². The number of ether oxygens (including phenoxy) is 2. The molecule has 0 N–H and O–H groups in total. The summed E-state index contributed by atoms with van der Waals surface area (Å²) in [7, 11) is 1.63. The zero-order chi connectivity index (χ0) is 17.9. The van der Waals surface area contributed by atoms with E-state index in [1.807, 2.05) is 59.3 Å². The van der Waals surface area contributed by atoms with E-state index in [4.69, 9.17) is 21.1 Å². The normalized spacial score (nSPS) is 10.8. The lowest BCUT2D eigenvalue weighted by molar-refractivity contribution is 0.303. The Labute approximate surface area is 155 Å². The van der Waals surface area contributed by atoms with E-state index in [1.54, 1.807) is 19.4 Å². The van der Waals surface area contributed by atoms with Crippen LogP contribution in [0.15, 0.2) is 67.1 Å². The van der Waals surface area contributed by atoms with Gasteiger partial charge in [-0.1, -0.05) is 29.8 Å². The Balaban J connectivity index is 1.64. The minimum atomic E-state index is 0.344. The zero-order valence-electron chi connectivity index (χ0n) is 14.1. The molecule has 4 rings (SSSR count). The summed E-state index contributed by atoms with van der Waals surface area (Å²) in [5, 5.41) is 0.626. The standard InChI is InChI=1S/C20H16ClN3O2/c1-25-19-11-14(21)7-8-17(19)16-5-2-3-6-18(16)26-13-15-12-24-10-4-9-22-20(24)23-15/h2-12H,13H2,1H3. The molecule has 0 atom stereocenters. The van der Waals surface area contributed by atoms with Crippen LogP contribution in [0, 0.1) is 0 Å². The lowest BCUT2D eigenvalue weighted by Gasteiger charge is -2.14. The van der Waals surface area contributed by atoms with E-state index in [9.17, 15) is 0 Å². The monoisotopic (exact) mass is 365 g/mol. The van der Waals surface area contributed by atoms with Gasteiger partial charge in [0, 0.05) is 34.7 Å². The van der Waals surface area contributed by atoms with E-state index in [1.165, 1.54) is 0 Å². The van der Waals surface area contributed by atoms with Crippen LogP contribution in [0.25, 0.3) is 16.9 Å². The Hall–Kier alpha value is -3.05. The second-order valence-electron chi connectivity index (χ2n) is 5.69. The summed E-state index contributed by atoms with van der Waals surface area (Å²) in [6.45, 7) is 0.344. The molecule has 26 heavy (non-hydrogen) atoms. The van der Waals surface area contributed by atoms with Crippen molar-refractivity contribution in [3.05, 3.63) is 77.8 Å². The van der Waals surface area contributed by atoms with Crippen LogP contribution in [-0.4, -0.2) is 21.5 Å². The highest BCUT2D eigenvalue weighted by atomic mass is 35.5. The maximum Gasteiger partial charge on any atom is 0.234 e. The first-order chi connectivity index (χ1) is 12.7. The van der Waals surface area contributed by atoms with E-state index in [2.05, 4.69) is 9.97 Å². The van der Waals surface area contributed by atoms with Crippen molar-refractivity contribution in [1.82, 2.24) is 14.4 Å². The van der Waals surface area contributed by atoms with E-state index in [0.29, 0.717) is 23.2 Å². The largest absolute Gasteiger partial charge is 0.496 e. The van der Waals surface area contributed by atoms with Gasteiger partial charge >= 0.3 is 0 Å². The predicted molar refractivity (Wildman–Crippen MR) is 101 cm³/mol. The molecule has 5 nitrogen and oxygen atoms in total. The van der Waals surface area contributed by atoms with Gasteiger partial charge in [0.25, 0.3) is 0 Å². The summed E-state index contributed by atoms with van der Waals surface area (Å²) in [4.78, 5) is 8.68. The molecule has 0 aliphatic heterocycles. The van der Waals surface area contributed by atoms with Crippen molar-refractivity contribution in [1.29, 1.82) is 0 Å². The Morgan fingerprint density at radius 2 is 1.88 bits per heavy atom. The fourth-order valence-electron chi connectivity index (χ4n) is 2.80. The number of rotatable bonds is 5. The molecule has 0 fully saturated rings. The molecule has 0 unspecified atom stereocenters. The average Bonchev–Trinajstić information content (AvgIpc) is 3.09. The van der Waals surface area contributed by atoms with Crippen molar-refractivity contribution in [2.75, 3.05) is 7.11 Å². The first-order valence-corrected chi connectivity index (χ1v) is 8.47. The summed E-state index contributed by atoms with van der Waals surface area (Å²) in [5.41, 5.74) is 2.66. The van der Waals surface area contributed by atoms with Gasteiger partial charge in [0.1, 0.15) is 18.1 Å². The summed E-state index contributed by atoms with van der Waals surface area (Å²) in [5.74, 6) is 2.10. The van der Waals surface area contributed by atoms with Crippen LogP contribution in [0.3, 0.4) is 0 Å². The third-order valence-electron chi connectivity index (χ3n) is 4.00. The number of halogens is 1. The summed E-state index contributed by atoms with van der Waals surface area (Å²) >= 11 is 6.07. The van der Waals surface area contributed by atoms with Gasteiger partial charge in [-0.05, 0) is 30.3 Å². The second-order valence-corrected chi connectivity index (χ2v) is 6.13. The van der Waals surface area contributed by atoms with Crippen molar-refractivity contribution >= 4 is 17.4 Å². The van der Waals surface area contributed by atoms with Crippen LogP contribution in [0.1, 0.15) is 5.69 Å². The van der Waals surface area contributed by atoms with Gasteiger partial charge in [-0.3, -0.25) is 4.40 Å². The van der Waals surface area contributed by atoms with Crippen LogP contribution >= 0.6 is 11.6 Å². The van der Waals surface area contributed by atoms with E-state index in [-0.39, 0.29) is 0 Å². The van der Waals surface area contributed by atoms with Gasteiger partial charge in [0.05, 0.1) is 12.8 Å². The number of benzene rings is 2. The molecule has 0 spiro atoms. The first-order valence-electron chi connectivity index (χ1n) is 8.09. The van der Waals surface area contributed by atoms with Crippen LogP contribution in [0.4, 0.5) is 0 Å². The minimum absolute atomic E-state index is 0.344. The van der Waals surface area contributed by atoms with E-state index >= 15 is 0 Å². The van der Waals surface area contributed by atoms with Crippen LogP contribution < -0.4 is 9.47 Å². The van der Waals surface area contributed by atoms with Crippen molar-refractivity contribution < 1.29 is 9.47 Å². The summed E-state index contributed by atoms with van der Waals surface area (Å²) in [6, 6.07) is 15.2. The van der Waals surface area contributed by atoms with E-state index in [0.717, 1.165) is 22.6 Å². The number of para-hydroxylation sites is 1. The van der Waals surface area contributed by atoms with Crippen molar-refractivity contribution in [3.63, 3.8) is 0 Å². The molecule has 130 valence electrons. The minimum Gasteiger partial charge on any atom is -0.496 e. The molecule has 0 aliphatic rings. The lowest BCUT2D eigenvalue weighted by atomic mass is 10.0. The third kappa shape index (κ3) is 3.21. The quantitative estimate of drug-likeness (QED) is 0.517. The maximum absolute atomic E-state index is 6.07. The molecule has 2 heterocycles. The Morgan fingerprint density at radius 3 is 2.73 bits per heavy atom. The van der Waals surface area contributed by atoms with Crippen molar-refractivity contribution in [3.8, 4) is 22.6 Å². The molecule has 0 amide bonds. The number of fused-ring (bicyclic) bond motifs is 1. The van der Waals surface area contributed by atoms with E-state index < -0.39 is 0 Å². The Morgan fingerprint density at radius 1 is 1.04 bits per heavy atom. The topological polar surface area (TPSA) is 48.7 Å². The smallest absolute Gasteiger partial charge is 0.234 e. The van der Waals surface area contributed by atoms with Gasteiger partial charge < -0.3 is 9.47 Å². The summed E-state index contributed by atoms with van der Waals surface area (Å²) in [6.07, 6.45) is 5.54. The molecular formula is C20H16ClN3O2. The van der Waals surface area contributed by atoms with Gasteiger partial charge in [-0.2, -0.15) is 0 Å². The third-order valence-corrected chi connectivity index (χ3v) is 4.24. The van der Waals surface area contributed by atoms with Crippen LogP contribution in [0.5, 0.6) is 11.5 Å². The molecule has 2 aromatic heterocycles. The molecule has 0 saturated carbocycles. The predicted octanol–water partition coefficient (Wildman–Crippen LogP) is 4.64. The highest BCUT2D eigenvalue weighted by molar-refractivity contribution is 6.30. The highest BCUT2D eigenvalue weighted by Crippen LogP contribution is 2.37. The average molecular weight is 366 g/mol. The maximum atomic E-state index is 6.07. The number of aromatic nitrogens is 3. The number of hydrogen-bond acceptors (Lipinski definition) is 4. The molecule has 0 aliphatic carbocycles. The van der Waals surface area contributed by atoms with Gasteiger partial charge in [-0.15, -0.1) is 0 Å². The fraction of sp³-hybridized carbons (Fsp3) is 0.100. The fourth-order valence-corrected chi connectivity index (χ4v) is 2.97. The number of imidazole rings is 1. The van der Waals surface area contributed by atoms with Crippen LogP contribution in [0.2, 0.25) is 5.02 Å². The number of hydrogen-bond donors (Lipinski definition) is 0. The lowest BCUT2D eigenvalue weighted by Crippen LogP contribution is -1.98. The SMILES string of the molecule is COc1cc(Cl)ccc1-c1ccccc1OCc1cn2cccnc2n1. The number of nitrogens with zero attached hydrogens (tertiary/aromatic N) is 3. The van der Waals surface area contributed by atoms with Crippen molar-refractivity contribution in [2.45, 2.75) is 6.61 Å². The van der Waals surface area contributed by atoms with Gasteiger partial charge in [0.15, 0.2) is 0 Å².